The van der Waals surface area contributed by atoms with Gasteiger partial charge in [-0.05, 0) is 36.8 Å². The average molecular weight is 371 g/mol. The van der Waals surface area contributed by atoms with Crippen LogP contribution in [0.4, 0.5) is 13.2 Å². The van der Waals surface area contributed by atoms with Crippen LogP contribution in [0.2, 0.25) is 0 Å². The van der Waals surface area contributed by atoms with E-state index < -0.39 is 12.5 Å². The van der Waals surface area contributed by atoms with Crippen molar-refractivity contribution >= 4 is 5.96 Å². The Kier molecular flexibility index (Phi) is 6.90. The number of furan rings is 1. The van der Waals surface area contributed by atoms with Crippen molar-refractivity contribution in [2.24, 2.45) is 4.99 Å². The number of aliphatic hydroxyl groups is 1. The first-order valence-electron chi connectivity index (χ1n) is 7.95. The van der Waals surface area contributed by atoms with E-state index in [1.807, 2.05) is 6.92 Å². The second-order valence-corrected chi connectivity index (χ2v) is 5.29. The van der Waals surface area contributed by atoms with Gasteiger partial charge in [0.25, 0.3) is 0 Å². The number of aliphatic imine (C=N–C) groups is 1. The molecule has 0 radical (unpaired) electrons. The summed E-state index contributed by atoms with van der Waals surface area (Å²) in [6, 6.07) is 8.62. The number of hydrogen-bond acceptors (Lipinski definition) is 4. The number of rotatable bonds is 7. The fourth-order valence-corrected chi connectivity index (χ4v) is 2.10. The molecule has 0 aliphatic carbocycles. The van der Waals surface area contributed by atoms with E-state index >= 15 is 0 Å². The molecule has 0 aliphatic rings. The fraction of sp³-hybridized carbons (Fsp3) is 0.353. The third-order valence-corrected chi connectivity index (χ3v) is 3.28. The lowest BCUT2D eigenvalue weighted by atomic mass is 10.1. The normalized spacial score (nSPS) is 13.3. The second kappa shape index (κ2) is 9.14. The Balaban J connectivity index is 1.90. The van der Waals surface area contributed by atoms with E-state index in [0.29, 0.717) is 30.4 Å². The second-order valence-electron chi connectivity index (χ2n) is 5.29. The van der Waals surface area contributed by atoms with Crippen LogP contribution in [-0.2, 0) is 6.54 Å². The van der Waals surface area contributed by atoms with Crippen LogP contribution >= 0.6 is 0 Å². The van der Waals surface area contributed by atoms with E-state index in [2.05, 4.69) is 20.4 Å². The van der Waals surface area contributed by atoms with Gasteiger partial charge in [-0.3, -0.25) is 0 Å². The molecule has 1 atom stereocenters. The molecule has 142 valence electrons. The van der Waals surface area contributed by atoms with Crippen molar-refractivity contribution < 1.29 is 27.4 Å². The van der Waals surface area contributed by atoms with E-state index in [1.165, 1.54) is 12.1 Å². The molecule has 2 rings (SSSR count). The lowest BCUT2D eigenvalue weighted by molar-refractivity contribution is -0.274. The molecular formula is C17H20F3N3O3. The molecule has 1 unspecified atom stereocenters. The topological polar surface area (TPSA) is 79.0 Å². The number of hydrogen-bond donors (Lipinski definition) is 3. The summed E-state index contributed by atoms with van der Waals surface area (Å²) in [5.74, 6) is 0.845. The summed E-state index contributed by atoms with van der Waals surface area (Å²) in [7, 11) is 0. The maximum atomic E-state index is 12.1. The summed E-state index contributed by atoms with van der Waals surface area (Å²) in [6.07, 6.45) is -4.11. The number of benzene rings is 1. The summed E-state index contributed by atoms with van der Waals surface area (Å²) in [4.78, 5) is 4.32. The number of guanidine groups is 1. The highest BCUT2D eigenvalue weighted by Crippen LogP contribution is 2.24. The zero-order chi connectivity index (χ0) is 19.0. The highest BCUT2D eigenvalue weighted by Gasteiger charge is 2.31. The van der Waals surface area contributed by atoms with Crippen molar-refractivity contribution in [3.05, 3.63) is 54.0 Å². The van der Waals surface area contributed by atoms with Crippen LogP contribution in [0, 0.1) is 0 Å². The Bertz CT molecular complexity index is 686. The number of nitrogens with one attached hydrogen (secondary N) is 2. The fourth-order valence-electron chi connectivity index (χ4n) is 2.10. The highest BCUT2D eigenvalue weighted by molar-refractivity contribution is 5.79. The maximum Gasteiger partial charge on any atom is 0.573 e. The lowest BCUT2D eigenvalue weighted by Crippen LogP contribution is -2.39. The maximum absolute atomic E-state index is 12.1. The predicted octanol–water partition coefficient (Wildman–Crippen LogP) is 2.97. The lowest BCUT2D eigenvalue weighted by Gasteiger charge is -2.16. The third kappa shape index (κ3) is 6.67. The van der Waals surface area contributed by atoms with Gasteiger partial charge in [-0.25, -0.2) is 4.99 Å². The highest BCUT2D eigenvalue weighted by atomic mass is 19.4. The van der Waals surface area contributed by atoms with Crippen LogP contribution in [-0.4, -0.2) is 30.5 Å². The molecule has 26 heavy (non-hydrogen) atoms. The molecule has 0 amide bonds. The van der Waals surface area contributed by atoms with Crippen molar-refractivity contribution in [2.45, 2.75) is 25.9 Å². The van der Waals surface area contributed by atoms with Crippen molar-refractivity contribution in [3.63, 3.8) is 0 Å². The van der Waals surface area contributed by atoms with Gasteiger partial charge in [0.15, 0.2) is 5.96 Å². The van der Waals surface area contributed by atoms with Crippen molar-refractivity contribution in [2.75, 3.05) is 13.1 Å². The molecule has 9 heteroatoms. The van der Waals surface area contributed by atoms with Crippen LogP contribution in [0.5, 0.6) is 5.75 Å². The molecule has 0 aliphatic heterocycles. The Morgan fingerprint density at radius 3 is 2.54 bits per heavy atom. The van der Waals surface area contributed by atoms with Gasteiger partial charge in [-0.2, -0.15) is 0 Å². The Labute approximate surface area is 148 Å². The SMILES string of the molecule is CCNC(=NCc1ccco1)NCC(O)c1ccc(OC(F)(F)F)cc1. The van der Waals surface area contributed by atoms with Crippen LogP contribution < -0.4 is 15.4 Å². The van der Waals surface area contributed by atoms with Gasteiger partial charge >= 0.3 is 6.36 Å². The molecule has 6 nitrogen and oxygen atoms in total. The summed E-state index contributed by atoms with van der Waals surface area (Å²) in [6.45, 7) is 2.99. The number of nitrogens with zero attached hydrogens (tertiary/aromatic N) is 1. The smallest absolute Gasteiger partial charge is 0.467 e. The van der Waals surface area contributed by atoms with Crippen molar-refractivity contribution in [1.82, 2.24) is 10.6 Å². The number of halogens is 3. The zero-order valence-corrected chi connectivity index (χ0v) is 14.1. The minimum Gasteiger partial charge on any atom is -0.467 e. The Morgan fingerprint density at radius 1 is 1.23 bits per heavy atom. The van der Waals surface area contributed by atoms with Crippen LogP contribution in [0.1, 0.15) is 24.4 Å². The molecule has 0 spiro atoms. The molecule has 3 N–H and O–H groups in total. The molecular weight excluding hydrogens is 351 g/mol. The molecule has 1 aromatic carbocycles. The quantitative estimate of drug-likeness (QED) is 0.515. The first kappa shape index (κ1) is 19.6. The standard InChI is InChI=1S/C17H20F3N3O3/c1-2-21-16(22-10-14-4-3-9-25-14)23-11-15(24)12-5-7-13(8-6-12)26-17(18,19)20/h3-9,15,24H,2,10-11H2,1H3,(H2,21,22,23). The van der Waals surface area contributed by atoms with Crippen LogP contribution in [0.3, 0.4) is 0 Å². The molecule has 0 fully saturated rings. The predicted molar refractivity (Wildman–Crippen MR) is 89.6 cm³/mol. The van der Waals surface area contributed by atoms with Crippen molar-refractivity contribution in [3.8, 4) is 5.75 Å². The average Bonchev–Trinajstić information content (AvgIpc) is 3.10. The van der Waals surface area contributed by atoms with Crippen molar-refractivity contribution in [1.29, 1.82) is 0 Å². The summed E-state index contributed by atoms with van der Waals surface area (Å²) < 4.78 is 45.4. The van der Waals surface area contributed by atoms with Gasteiger partial charge in [0.05, 0.1) is 12.4 Å². The van der Waals surface area contributed by atoms with Crippen LogP contribution in [0.25, 0.3) is 0 Å². The van der Waals surface area contributed by atoms with Gasteiger partial charge in [-0.15, -0.1) is 13.2 Å². The van der Waals surface area contributed by atoms with E-state index in [9.17, 15) is 18.3 Å². The number of ether oxygens (including phenoxy) is 1. The largest absolute Gasteiger partial charge is 0.573 e. The molecule has 0 saturated carbocycles. The molecule has 1 aromatic heterocycles. The summed E-state index contributed by atoms with van der Waals surface area (Å²) >= 11 is 0. The van der Waals surface area contributed by atoms with Gasteiger partial charge in [0.1, 0.15) is 18.1 Å². The Morgan fingerprint density at radius 2 is 1.96 bits per heavy atom. The minimum atomic E-state index is -4.74. The molecule has 0 saturated heterocycles. The van der Waals surface area contributed by atoms with Gasteiger partial charge in [-0.1, -0.05) is 12.1 Å². The molecule has 0 bridgehead atoms. The zero-order valence-electron chi connectivity index (χ0n) is 14.1. The summed E-state index contributed by atoms with van der Waals surface area (Å²) in [5, 5.41) is 16.2. The summed E-state index contributed by atoms with van der Waals surface area (Å²) in [5.41, 5.74) is 0.453. The van der Waals surface area contributed by atoms with Gasteiger partial charge in [0.2, 0.25) is 0 Å². The Hall–Kier alpha value is -2.68. The first-order valence-corrected chi connectivity index (χ1v) is 7.95. The molecule has 1 heterocycles. The van der Waals surface area contributed by atoms with E-state index in [-0.39, 0.29) is 12.3 Å². The minimum absolute atomic E-state index is 0.128. The third-order valence-electron chi connectivity index (χ3n) is 3.28. The number of alkyl halides is 3. The van der Waals surface area contributed by atoms with Gasteiger partial charge < -0.3 is 24.9 Å². The molecule has 2 aromatic rings. The van der Waals surface area contributed by atoms with E-state index in [0.717, 1.165) is 12.1 Å². The number of aliphatic hydroxyl groups excluding tert-OH is 1. The van der Waals surface area contributed by atoms with Gasteiger partial charge in [0, 0.05) is 13.1 Å². The monoisotopic (exact) mass is 371 g/mol. The van der Waals surface area contributed by atoms with E-state index in [1.54, 1.807) is 18.4 Å². The first-order chi connectivity index (χ1) is 12.4. The van der Waals surface area contributed by atoms with Crippen LogP contribution in [0.15, 0.2) is 52.1 Å². The van der Waals surface area contributed by atoms with E-state index in [4.69, 9.17) is 4.42 Å².